The highest BCUT2D eigenvalue weighted by molar-refractivity contribution is 5.87. The van der Waals surface area contributed by atoms with Crippen molar-refractivity contribution < 1.29 is 4.79 Å². The van der Waals surface area contributed by atoms with Gasteiger partial charge in [0, 0.05) is 11.6 Å². The molecule has 0 aromatic heterocycles. The van der Waals surface area contributed by atoms with Gasteiger partial charge in [0.25, 0.3) is 0 Å². The van der Waals surface area contributed by atoms with Crippen LogP contribution < -0.4 is 11.1 Å². The summed E-state index contributed by atoms with van der Waals surface area (Å²) < 4.78 is 0. The Morgan fingerprint density at radius 1 is 1.57 bits per heavy atom. The monoisotopic (exact) mass is 220 g/mol. The van der Waals surface area contributed by atoms with Gasteiger partial charge in [-0.1, -0.05) is 20.4 Å². The molecule has 1 amide bonds. The van der Waals surface area contributed by atoms with E-state index in [1.54, 1.807) is 0 Å². The van der Waals surface area contributed by atoms with Crippen molar-refractivity contribution in [2.75, 3.05) is 0 Å². The Morgan fingerprint density at radius 3 is 2.29 bits per heavy atom. The highest BCUT2D eigenvalue weighted by Crippen LogP contribution is 2.15. The normalized spacial score (nSPS) is 12.6. The standard InChI is InChI=1S/C10H20N2O.ClH/c1-5-9(13)12-8(4)10(11,6-2)7-3;/h5,8H,1,6-7,11H2,2-4H3,(H,12,13);1H. The summed E-state index contributed by atoms with van der Waals surface area (Å²) >= 11 is 0. The van der Waals surface area contributed by atoms with E-state index in [0.29, 0.717) is 0 Å². The molecule has 1 atom stereocenters. The van der Waals surface area contributed by atoms with Gasteiger partial charge in [-0.3, -0.25) is 4.79 Å². The SMILES string of the molecule is C=CC(=O)NC(C)C(N)(CC)CC.Cl. The van der Waals surface area contributed by atoms with Crippen LogP contribution >= 0.6 is 12.4 Å². The number of halogens is 1. The predicted molar refractivity (Wildman–Crippen MR) is 62.6 cm³/mol. The lowest BCUT2D eigenvalue weighted by Gasteiger charge is -2.33. The molecule has 4 heteroatoms. The van der Waals surface area contributed by atoms with Crippen LogP contribution in [0.4, 0.5) is 0 Å². The van der Waals surface area contributed by atoms with Gasteiger partial charge in [0.15, 0.2) is 0 Å². The molecule has 0 bridgehead atoms. The van der Waals surface area contributed by atoms with Crippen molar-refractivity contribution in [1.82, 2.24) is 5.32 Å². The molecular weight excluding hydrogens is 200 g/mol. The van der Waals surface area contributed by atoms with E-state index in [4.69, 9.17) is 5.73 Å². The molecule has 0 saturated heterocycles. The number of amides is 1. The molecule has 0 aliphatic carbocycles. The molecule has 0 aromatic carbocycles. The van der Waals surface area contributed by atoms with Crippen molar-refractivity contribution in [3.8, 4) is 0 Å². The van der Waals surface area contributed by atoms with Crippen LogP contribution in [-0.2, 0) is 4.79 Å². The fourth-order valence-electron chi connectivity index (χ4n) is 1.28. The maximum atomic E-state index is 11.0. The van der Waals surface area contributed by atoms with Crippen molar-refractivity contribution in [2.24, 2.45) is 5.73 Å². The van der Waals surface area contributed by atoms with Gasteiger partial charge in [0.05, 0.1) is 0 Å². The fourth-order valence-corrected chi connectivity index (χ4v) is 1.28. The Labute approximate surface area is 92.5 Å². The number of rotatable bonds is 5. The van der Waals surface area contributed by atoms with Gasteiger partial charge >= 0.3 is 0 Å². The molecule has 0 heterocycles. The number of carbonyl (C=O) groups is 1. The predicted octanol–water partition coefficient (Wildman–Crippen LogP) is 1.62. The van der Waals surface area contributed by atoms with Gasteiger partial charge in [0.2, 0.25) is 5.91 Å². The van der Waals surface area contributed by atoms with Gasteiger partial charge in [0.1, 0.15) is 0 Å². The second kappa shape index (κ2) is 6.85. The quantitative estimate of drug-likeness (QED) is 0.692. The van der Waals surface area contributed by atoms with Crippen LogP contribution in [-0.4, -0.2) is 17.5 Å². The molecule has 0 saturated carbocycles. The van der Waals surface area contributed by atoms with Gasteiger partial charge in [-0.15, -0.1) is 12.4 Å². The summed E-state index contributed by atoms with van der Waals surface area (Å²) in [4.78, 5) is 11.0. The van der Waals surface area contributed by atoms with Gasteiger partial charge in [-0.25, -0.2) is 0 Å². The summed E-state index contributed by atoms with van der Waals surface area (Å²) in [6, 6.07) is -0.0204. The highest BCUT2D eigenvalue weighted by atomic mass is 35.5. The van der Waals surface area contributed by atoms with E-state index in [0.717, 1.165) is 12.8 Å². The minimum atomic E-state index is -0.307. The number of carbonyl (C=O) groups excluding carboxylic acids is 1. The maximum Gasteiger partial charge on any atom is 0.243 e. The van der Waals surface area contributed by atoms with Crippen molar-refractivity contribution in [3.63, 3.8) is 0 Å². The molecule has 3 nitrogen and oxygen atoms in total. The Hall–Kier alpha value is -0.540. The van der Waals surface area contributed by atoms with Crippen LogP contribution in [0.15, 0.2) is 12.7 Å². The Balaban J connectivity index is 0. The second-order valence-corrected chi connectivity index (χ2v) is 3.37. The molecule has 0 aromatic rings. The molecule has 1 unspecified atom stereocenters. The molecule has 0 aliphatic rings. The van der Waals surface area contributed by atoms with E-state index in [9.17, 15) is 4.79 Å². The molecule has 0 aliphatic heterocycles. The molecule has 0 spiro atoms. The van der Waals surface area contributed by atoms with Crippen LogP contribution in [0.25, 0.3) is 0 Å². The molecular formula is C10H21ClN2O. The topological polar surface area (TPSA) is 55.1 Å². The van der Waals surface area contributed by atoms with Crippen LogP contribution in [0.3, 0.4) is 0 Å². The average Bonchev–Trinajstić information content (AvgIpc) is 2.16. The van der Waals surface area contributed by atoms with Crippen molar-refractivity contribution in [3.05, 3.63) is 12.7 Å². The summed E-state index contributed by atoms with van der Waals surface area (Å²) in [6.45, 7) is 9.38. The number of hydrogen-bond donors (Lipinski definition) is 2. The average molecular weight is 221 g/mol. The first-order valence-corrected chi connectivity index (χ1v) is 4.72. The lowest BCUT2D eigenvalue weighted by Crippen LogP contribution is -2.56. The highest BCUT2D eigenvalue weighted by Gasteiger charge is 2.28. The summed E-state index contributed by atoms with van der Waals surface area (Å²) in [7, 11) is 0. The minimum Gasteiger partial charge on any atom is -0.348 e. The Morgan fingerprint density at radius 2 is 2.00 bits per heavy atom. The number of hydrogen-bond acceptors (Lipinski definition) is 2. The van der Waals surface area contributed by atoms with E-state index in [1.165, 1.54) is 6.08 Å². The van der Waals surface area contributed by atoms with E-state index in [-0.39, 0.29) is 29.9 Å². The van der Waals surface area contributed by atoms with Gasteiger partial charge in [-0.05, 0) is 25.8 Å². The summed E-state index contributed by atoms with van der Waals surface area (Å²) in [5, 5.41) is 2.79. The third-order valence-electron chi connectivity index (χ3n) is 2.72. The lowest BCUT2D eigenvalue weighted by molar-refractivity contribution is -0.117. The molecule has 0 fully saturated rings. The summed E-state index contributed by atoms with van der Waals surface area (Å²) in [5.74, 6) is -0.163. The van der Waals surface area contributed by atoms with E-state index in [1.807, 2.05) is 20.8 Å². The minimum absolute atomic E-state index is 0. The maximum absolute atomic E-state index is 11.0. The smallest absolute Gasteiger partial charge is 0.243 e. The van der Waals surface area contributed by atoms with Crippen LogP contribution in [0, 0.1) is 0 Å². The van der Waals surface area contributed by atoms with Crippen molar-refractivity contribution in [1.29, 1.82) is 0 Å². The van der Waals surface area contributed by atoms with Gasteiger partial charge < -0.3 is 11.1 Å². The zero-order valence-electron chi connectivity index (χ0n) is 9.17. The van der Waals surface area contributed by atoms with Crippen molar-refractivity contribution >= 4 is 18.3 Å². The van der Waals surface area contributed by atoms with Crippen LogP contribution in [0.5, 0.6) is 0 Å². The first-order valence-electron chi connectivity index (χ1n) is 4.72. The molecule has 0 rings (SSSR count). The summed E-state index contributed by atoms with van der Waals surface area (Å²) in [5.41, 5.74) is 5.79. The number of nitrogens with one attached hydrogen (secondary N) is 1. The van der Waals surface area contributed by atoms with E-state index >= 15 is 0 Å². The van der Waals surface area contributed by atoms with Crippen LogP contribution in [0.2, 0.25) is 0 Å². The molecule has 14 heavy (non-hydrogen) atoms. The zero-order valence-corrected chi connectivity index (χ0v) is 9.99. The third-order valence-corrected chi connectivity index (χ3v) is 2.72. The van der Waals surface area contributed by atoms with Crippen LogP contribution in [0.1, 0.15) is 33.6 Å². The second-order valence-electron chi connectivity index (χ2n) is 3.37. The molecule has 3 N–H and O–H groups in total. The van der Waals surface area contributed by atoms with E-state index in [2.05, 4.69) is 11.9 Å². The zero-order chi connectivity index (χ0) is 10.5. The first kappa shape index (κ1) is 15.9. The molecule has 84 valence electrons. The lowest BCUT2D eigenvalue weighted by atomic mass is 9.86. The Bertz CT molecular complexity index is 191. The third kappa shape index (κ3) is 4.11. The fraction of sp³-hybridized carbons (Fsp3) is 0.700. The van der Waals surface area contributed by atoms with E-state index < -0.39 is 0 Å². The first-order chi connectivity index (χ1) is 6.00. The largest absolute Gasteiger partial charge is 0.348 e. The molecule has 0 radical (unpaired) electrons. The van der Waals surface area contributed by atoms with Gasteiger partial charge in [-0.2, -0.15) is 0 Å². The van der Waals surface area contributed by atoms with Crippen molar-refractivity contribution in [2.45, 2.75) is 45.2 Å². The number of nitrogens with two attached hydrogens (primary N) is 1. The Kier molecular flexibility index (Phi) is 7.78. The summed E-state index contributed by atoms with van der Waals surface area (Å²) in [6.07, 6.45) is 2.96.